The molecular weight excluding hydrogens is 269 g/mol. The van der Waals surface area contributed by atoms with Crippen LogP contribution in [0.25, 0.3) is 0 Å². The van der Waals surface area contributed by atoms with Gasteiger partial charge < -0.3 is 30.7 Å². The molecule has 0 saturated carbocycles. The average molecular weight is 289 g/mol. The van der Waals surface area contributed by atoms with E-state index in [0.717, 1.165) is 4.90 Å². The molecule has 0 aliphatic carbocycles. The zero-order valence-electron chi connectivity index (χ0n) is 11.3. The van der Waals surface area contributed by atoms with E-state index < -0.39 is 37.1 Å². The smallest absolute Gasteiger partial charge is 0.229 e. The number of halogens is 1. The summed E-state index contributed by atoms with van der Waals surface area (Å²) in [7, 11) is 0. The fourth-order valence-corrected chi connectivity index (χ4v) is 2.50. The van der Waals surface area contributed by atoms with Crippen LogP contribution in [-0.2, 0) is 4.74 Å². The first-order valence-electron chi connectivity index (χ1n) is 6.41. The second-order valence-corrected chi connectivity index (χ2v) is 5.33. The fourth-order valence-electron chi connectivity index (χ4n) is 2.50. The largest absolute Gasteiger partial charge is 0.393 e. The molecule has 0 aromatic heterocycles. The molecule has 1 saturated heterocycles. The van der Waals surface area contributed by atoms with Crippen molar-refractivity contribution in [3.8, 4) is 0 Å². The first kappa shape index (κ1) is 15.2. The van der Waals surface area contributed by atoms with Crippen LogP contribution in [0.2, 0.25) is 0 Å². The quantitative estimate of drug-likeness (QED) is 0.524. The lowest BCUT2D eigenvalue weighted by Crippen LogP contribution is -2.49. The van der Waals surface area contributed by atoms with Gasteiger partial charge in [0.2, 0.25) is 6.35 Å². The van der Waals surface area contributed by atoms with Crippen molar-refractivity contribution in [2.75, 3.05) is 6.61 Å². The first-order valence-corrected chi connectivity index (χ1v) is 6.41. The highest BCUT2D eigenvalue weighted by Gasteiger charge is 2.58. The summed E-state index contributed by atoms with van der Waals surface area (Å²) in [5.74, 6) is -0.204. The van der Waals surface area contributed by atoms with Crippen LogP contribution < -0.4 is 5.73 Å². The molecule has 0 radical (unpaired) electrons. The van der Waals surface area contributed by atoms with E-state index >= 15 is 0 Å². The molecule has 2 heterocycles. The monoisotopic (exact) mass is 289 g/mol. The molecule has 0 bridgehead atoms. The van der Waals surface area contributed by atoms with E-state index in [1.54, 1.807) is 13.8 Å². The number of aliphatic hydroxyl groups excluding tert-OH is 3. The number of rotatable bonds is 3. The van der Waals surface area contributed by atoms with Crippen LogP contribution in [0, 0.1) is 5.92 Å². The molecule has 0 amide bonds. The Bertz CT molecular complexity index is 431. The number of alkyl halides is 1. The number of nitrogens with zero attached hydrogens (tertiary/aromatic N) is 2. The van der Waals surface area contributed by atoms with Gasteiger partial charge in [0.05, 0.1) is 6.61 Å². The van der Waals surface area contributed by atoms with Crippen LogP contribution in [-0.4, -0.2) is 63.1 Å². The van der Waals surface area contributed by atoms with Gasteiger partial charge in [0.1, 0.15) is 17.5 Å². The molecule has 5 atom stereocenters. The molecule has 0 spiro atoms. The lowest BCUT2D eigenvalue weighted by atomic mass is 9.85. The fraction of sp³-hybridized carbons (Fsp3) is 0.750. The molecule has 7 nitrogen and oxygen atoms in total. The standard InChI is InChI=1S/C12H20FN3O4/c1-6(2)12(5-17)9(18)8(13)10(20-12)16-4-3-7(14)15-11(16)19/h3-4,6,8-11,17-19H,5H2,1-2H3,(H2,14,15)/t8-,9+,10-,11?,12+/m1/s1. The predicted molar refractivity (Wildman–Crippen MR) is 69.0 cm³/mol. The third-order valence-electron chi connectivity index (χ3n) is 3.88. The summed E-state index contributed by atoms with van der Waals surface area (Å²) < 4.78 is 19.9. The number of nitrogens with two attached hydrogens (primary N) is 1. The van der Waals surface area contributed by atoms with Gasteiger partial charge in [-0.1, -0.05) is 13.8 Å². The van der Waals surface area contributed by atoms with E-state index in [2.05, 4.69) is 4.99 Å². The lowest BCUT2D eigenvalue weighted by Gasteiger charge is -2.36. The van der Waals surface area contributed by atoms with Crippen LogP contribution in [0.3, 0.4) is 0 Å². The Hall–Kier alpha value is -1.22. The van der Waals surface area contributed by atoms with Crippen LogP contribution in [0.15, 0.2) is 17.3 Å². The average Bonchev–Trinajstić information content (AvgIpc) is 2.64. The van der Waals surface area contributed by atoms with Crippen LogP contribution in [0.4, 0.5) is 4.39 Å². The Labute approximate surface area is 116 Å². The van der Waals surface area contributed by atoms with Gasteiger partial charge in [-0.2, -0.15) is 0 Å². The molecular formula is C12H20FN3O4. The topological polar surface area (TPSA) is 112 Å². The third kappa shape index (κ3) is 2.18. The predicted octanol–water partition coefficient (Wildman–Crippen LogP) is -1.11. The van der Waals surface area contributed by atoms with Gasteiger partial charge in [-0.3, -0.25) is 0 Å². The number of hydrogen-bond acceptors (Lipinski definition) is 7. The molecule has 8 heteroatoms. The van der Waals surface area contributed by atoms with Crippen molar-refractivity contribution in [1.82, 2.24) is 4.90 Å². The zero-order chi connectivity index (χ0) is 15.1. The second kappa shape index (κ2) is 5.28. The number of aliphatic imine (C=N–C) groups is 1. The van der Waals surface area contributed by atoms with E-state index in [0.29, 0.717) is 0 Å². The van der Waals surface area contributed by atoms with E-state index in [1.807, 2.05) is 0 Å². The summed E-state index contributed by atoms with van der Waals surface area (Å²) in [6.07, 6.45) is -3.19. The normalized spacial score (nSPS) is 41.4. The van der Waals surface area contributed by atoms with E-state index in [9.17, 15) is 19.7 Å². The minimum absolute atomic E-state index is 0.111. The summed E-state index contributed by atoms with van der Waals surface area (Å²) in [5, 5.41) is 29.4. The molecule has 0 aromatic rings. The van der Waals surface area contributed by atoms with Crippen molar-refractivity contribution in [2.45, 2.75) is 44.3 Å². The highest BCUT2D eigenvalue weighted by Crippen LogP contribution is 2.40. The van der Waals surface area contributed by atoms with Gasteiger partial charge in [0, 0.05) is 6.20 Å². The van der Waals surface area contributed by atoms with Crippen LogP contribution in [0.5, 0.6) is 0 Å². The van der Waals surface area contributed by atoms with Gasteiger partial charge in [-0.15, -0.1) is 0 Å². The number of ether oxygens (including phenoxy) is 1. The van der Waals surface area contributed by atoms with E-state index in [4.69, 9.17) is 10.5 Å². The molecule has 0 aromatic carbocycles. The maximum Gasteiger partial charge on any atom is 0.229 e. The third-order valence-corrected chi connectivity index (χ3v) is 3.88. The Morgan fingerprint density at radius 1 is 1.55 bits per heavy atom. The van der Waals surface area contributed by atoms with Gasteiger partial charge in [-0.05, 0) is 12.0 Å². The van der Waals surface area contributed by atoms with Crippen LogP contribution >= 0.6 is 0 Å². The molecule has 5 N–H and O–H groups in total. The zero-order valence-corrected chi connectivity index (χ0v) is 11.3. The van der Waals surface area contributed by atoms with Crippen molar-refractivity contribution in [3.05, 3.63) is 12.3 Å². The van der Waals surface area contributed by atoms with Crippen molar-refractivity contribution >= 4 is 5.84 Å². The van der Waals surface area contributed by atoms with E-state index in [1.165, 1.54) is 12.3 Å². The van der Waals surface area contributed by atoms with Gasteiger partial charge in [-0.25, -0.2) is 9.38 Å². The van der Waals surface area contributed by atoms with Crippen molar-refractivity contribution in [2.24, 2.45) is 16.6 Å². The highest BCUT2D eigenvalue weighted by atomic mass is 19.1. The van der Waals surface area contributed by atoms with E-state index in [-0.39, 0.29) is 11.8 Å². The molecule has 114 valence electrons. The van der Waals surface area contributed by atoms with Crippen LogP contribution in [0.1, 0.15) is 13.8 Å². The Kier molecular flexibility index (Phi) is 4.01. The maximum atomic E-state index is 14.3. The second-order valence-electron chi connectivity index (χ2n) is 5.33. The van der Waals surface area contributed by atoms with Crippen molar-refractivity contribution in [1.29, 1.82) is 0 Å². The molecule has 2 aliphatic rings. The number of amidine groups is 1. The molecule has 2 rings (SSSR count). The Balaban J connectivity index is 2.25. The summed E-state index contributed by atoms with van der Waals surface area (Å²) in [6, 6.07) is 0. The summed E-state index contributed by atoms with van der Waals surface area (Å²) in [6.45, 7) is 2.90. The minimum atomic E-state index is -1.79. The first-order chi connectivity index (χ1) is 9.33. The lowest BCUT2D eigenvalue weighted by molar-refractivity contribution is -0.180. The molecule has 20 heavy (non-hydrogen) atoms. The highest BCUT2D eigenvalue weighted by molar-refractivity contribution is 5.91. The molecule has 2 aliphatic heterocycles. The number of hydrogen-bond donors (Lipinski definition) is 4. The summed E-state index contributed by atoms with van der Waals surface area (Å²) >= 11 is 0. The number of aliphatic hydroxyl groups is 3. The maximum absolute atomic E-state index is 14.3. The minimum Gasteiger partial charge on any atom is -0.393 e. The van der Waals surface area contributed by atoms with Gasteiger partial charge in [0.15, 0.2) is 12.4 Å². The SMILES string of the molecule is CC(C)[C@]1(CO)O[C@@H](N2C=CC(N)=NC2O)[C@H](F)[C@@H]1O. The van der Waals surface area contributed by atoms with Gasteiger partial charge in [0.25, 0.3) is 0 Å². The summed E-state index contributed by atoms with van der Waals surface area (Å²) in [4.78, 5) is 4.80. The Morgan fingerprint density at radius 2 is 2.20 bits per heavy atom. The van der Waals surface area contributed by atoms with Crippen molar-refractivity contribution in [3.63, 3.8) is 0 Å². The van der Waals surface area contributed by atoms with Crippen molar-refractivity contribution < 1.29 is 24.4 Å². The Morgan fingerprint density at radius 3 is 2.65 bits per heavy atom. The molecule has 1 fully saturated rings. The molecule has 1 unspecified atom stereocenters. The van der Waals surface area contributed by atoms with Gasteiger partial charge >= 0.3 is 0 Å². The summed E-state index contributed by atoms with van der Waals surface area (Å²) in [5.41, 5.74) is 4.02.